The quantitative estimate of drug-likeness (QED) is 0.597. The van der Waals surface area contributed by atoms with Crippen molar-refractivity contribution < 1.29 is 19.0 Å². The topological polar surface area (TPSA) is 80.8 Å². The fourth-order valence-corrected chi connectivity index (χ4v) is 2.87. The minimum atomic E-state index is -0.178. The van der Waals surface area contributed by atoms with Crippen molar-refractivity contribution in [2.24, 2.45) is 0 Å². The summed E-state index contributed by atoms with van der Waals surface area (Å²) >= 11 is 5.38. The molecule has 0 bridgehead atoms. The van der Waals surface area contributed by atoms with Gasteiger partial charge < -0.3 is 30.2 Å². The van der Waals surface area contributed by atoms with Crippen molar-refractivity contribution in [2.75, 3.05) is 37.0 Å². The van der Waals surface area contributed by atoms with Crippen LogP contribution in [0.25, 0.3) is 0 Å². The zero-order chi connectivity index (χ0) is 18.9. The van der Waals surface area contributed by atoms with Gasteiger partial charge >= 0.3 is 0 Å². The van der Waals surface area contributed by atoms with Gasteiger partial charge in [-0.3, -0.25) is 4.79 Å². The Morgan fingerprint density at radius 3 is 2.31 bits per heavy atom. The van der Waals surface area contributed by atoms with E-state index in [0.717, 1.165) is 19.4 Å². The van der Waals surface area contributed by atoms with Crippen LogP contribution in [0, 0.1) is 0 Å². The number of thiocarbonyl (C=S) groups is 1. The molecule has 1 aliphatic rings. The van der Waals surface area contributed by atoms with Crippen LogP contribution in [-0.2, 0) is 9.53 Å². The molecule has 0 aromatic heterocycles. The Hall–Kier alpha value is -2.06. The molecule has 1 aromatic rings. The van der Waals surface area contributed by atoms with E-state index in [4.69, 9.17) is 26.4 Å². The molecule has 1 atom stereocenters. The summed E-state index contributed by atoms with van der Waals surface area (Å²) in [6, 6.07) is 3.51. The van der Waals surface area contributed by atoms with Gasteiger partial charge in [-0.25, -0.2) is 0 Å². The number of carbonyl (C=O) groups is 1. The zero-order valence-electron chi connectivity index (χ0n) is 15.5. The second-order valence-electron chi connectivity index (χ2n) is 5.86. The van der Waals surface area contributed by atoms with Gasteiger partial charge in [0.05, 0.1) is 30.7 Å². The van der Waals surface area contributed by atoms with Crippen LogP contribution in [0.1, 0.15) is 33.6 Å². The van der Waals surface area contributed by atoms with E-state index >= 15 is 0 Å². The van der Waals surface area contributed by atoms with Crippen molar-refractivity contribution in [3.8, 4) is 11.5 Å². The van der Waals surface area contributed by atoms with E-state index in [-0.39, 0.29) is 12.0 Å². The third-order valence-electron chi connectivity index (χ3n) is 3.75. The molecule has 26 heavy (non-hydrogen) atoms. The Morgan fingerprint density at radius 2 is 1.81 bits per heavy atom. The molecule has 1 aromatic carbocycles. The minimum Gasteiger partial charge on any atom is -0.492 e. The Balaban J connectivity index is 2.13. The van der Waals surface area contributed by atoms with E-state index in [1.807, 2.05) is 13.8 Å². The SMILES string of the molecule is CCOc1cc(NC(=S)NC[C@@H]2CCCO2)c(OCC)cc1NC(C)=O. The highest BCUT2D eigenvalue weighted by atomic mass is 32.1. The first-order chi connectivity index (χ1) is 12.5. The largest absolute Gasteiger partial charge is 0.492 e. The number of hydrogen-bond acceptors (Lipinski definition) is 5. The highest BCUT2D eigenvalue weighted by Gasteiger charge is 2.17. The van der Waals surface area contributed by atoms with Gasteiger partial charge in [-0.1, -0.05) is 0 Å². The number of benzene rings is 1. The maximum Gasteiger partial charge on any atom is 0.221 e. The third kappa shape index (κ3) is 6.03. The summed E-state index contributed by atoms with van der Waals surface area (Å²) in [6.07, 6.45) is 2.32. The number of nitrogens with one attached hydrogen (secondary N) is 3. The molecule has 7 nitrogen and oxygen atoms in total. The van der Waals surface area contributed by atoms with Gasteiger partial charge in [0, 0.05) is 32.2 Å². The monoisotopic (exact) mass is 381 g/mol. The predicted octanol–water partition coefficient (Wildman–Crippen LogP) is 2.91. The molecule has 2 rings (SSSR count). The molecule has 0 unspecified atom stereocenters. The van der Waals surface area contributed by atoms with Gasteiger partial charge in [0.25, 0.3) is 0 Å². The smallest absolute Gasteiger partial charge is 0.221 e. The van der Waals surface area contributed by atoms with Crippen LogP contribution >= 0.6 is 12.2 Å². The average Bonchev–Trinajstić information content (AvgIpc) is 3.10. The van der Waals surface area contributed by atoms with Gasteiger partial charge in [-0.2, -0.15) is 0 Å². The molecular formula is C18H27N3O4S. The van der Waals surface area contributed by atoms with E-state index in [2.05, 4.69) is 16.0 Å². The van der Waals surface area contributed by atoms with Crippen LogP contribution in [-0.4, -0.2) is 43.5 Å². The van der Waals surface area contributed by atoms with Crippen molar-refractivity contribution in [1.82, 2.24) is 5.32 Å². The van der Waals surface area contributed by atoms with Gasteiger partial charge in [0.15, 0.2) is 5.11 Å². The molecule has 0 saturated carbocycles. The van der Waals surface area contributed by atoms with Crippen LogP contribution in [0.4, 0.5) is 11.4 Å². The Bertz CT molecular complexity index is 633. The van der Waals surface area contributed by atoms with Gasteiger partial charge in [0.1, 0.15) is 11.5 Å². The van der Waals surface area contributed by atoms with E-state index in [1.54, 1.807) is 12.1 Å². The maximum atomic E-state index is 11.4. The molecule has 1 saturated heterocycles. The van der Waals surface area contributed by atoms with Crippen LogP contribution in [0.3, 0.4) is 0 Å². The summed E-state index contributed by atoms with van der Waals surface area (Å²) in [7, 11) is 0. The van der Waals surface area contributed by atoms with E-state index < -0.39 is 0 Å². The molecule has 144 valence electrons. The van der Waals surface area contributed by atoms with Gasteiger partial charge in [-0.05, 0) is 38.9 Å². The molecule has 0 radical (unpaired) electrons. The second-order valence-corrected chi connectivity index (χ2v) is 6.27. The normalized spacial score (nSPS) is 16.0. The molecule has 1 heterocycles. The average molecular weight is 381 g/mol. The lowest BCUT2D eigenvalue weighted by molar-refractivity contribution is -0.114. The molecule has 8 heteroatoms. The van der Waals surface area contributed by atoms with E-state index in [0.29, 0.717) is 47.7 Å². The molecule has 1 fully saturated rings. The van der Waals surface area contributed by atoms with Gasteiger partial charge in [-0.15, -0.1) is 0 Å². The lowest BCUT2D eigenvalue weighted by atomic mass is 10.2. The van der Waals surface area contributed by atoms with Crippen LogP contribution < -0.4 is 25.4 Å². The van der Waals surface area contributed by atoms with Crippen molar-refractivity contribution >= 4 is 34.6 Å². The lowest BCUT2D eigenvalue weighted by Crippen LogP contribution is -2.34. The Kier molecular flexibility index (Phi) is 7.93. The summed E-state index contributed by atoms with van der Waals surface area (Å²) < 4.78 is 16.9. The first-order valence-electron chi connectivity index (χ1n) is 8.91. The summed E-state index contributed by atoms with van der Waals surface area (Å²) in [6.45, 7) is 7.66. The lowest BCUT2D eigenvalue weighted by Gasteiger charge is -2.19. The van der Waals surface area contributed by atoms with Crippen molar-refractivity contribution in [3.05, 3.63) is 12.1 Å². The fourth-order valence-electron chi connectivity index (χ4n) is 2.67. The highest BCUT2D eigenvalue weighted by molar-refractivity contribution is 7.80. The van der Waals surface area contributed by atoms with Crippen LogP contribution in [0.15, 0.2) is 12.1 Å². The first-order valence-corrected chi connectivity index (χ1v) is 9.32. The Labute approximate surface area is 159 Å². The van der Waals surface area contributed by atoms with E-state index in [9.17, 15) is 4.79 Å². The molecule has 3 N–H and O–H groups in total. The molecular weight excluding hydrogens is 354 g/mol. The van der Waals surface area contributed by atoms with Gasteiger partial charge in [0.2, 0.25) is 5.91 Å². The second kappa shape index (κ2) is 10.2. The predicted molar refractivity (Wildman–Crippen MR) is 106 cm³/mol. The van der Waals surface area contributed by atoms with Crippen LogP contribution in [0.5, 0.6) is 11.5 Å². The number of amides is 1. The fraction of sp³-hybridized carbons (Fsp3) is 0.556. The molecule has 0 aliphatic carbocycles. The molecule has 1 amide bonds. The highest BCUT2D eigenvalue weighted by Crippen LogP contribution is 2.37. The first kappa shape index (κ1) is 20.3. The van der Waals surface area contributed by atoms with Crippen LogP contribution in [0.2, 0.25) is 0 Å². The maximum absolute atomic E-state index is 11.4. The number of ether oxygens (including phenoxy) is 3. The molecule has 1 aliphatic heterocycles. The zero-order valence-corrected chi connectivity index (χ0v) is 16.3. The number of rotatable bonds is 8. The summed E-state index contributed by atoms with van der Waals surface area (Å²) in [4.78, 5) is 11.4. The third-order valence-corrected chi connectivity index (χ3v) is 4.00. The van der Waals surface area contributed by atoms with Crippen molar-refractivity contribution in [2.45, 2.75) is 39.7 Å². The molecule has 0 spiro atoms. The number of carbonyl (C=O) groups excluding carboxylic acids is 1. The summed E-state index contributed by atoms with van der Waals surface area (Å²) in [5, 5.41) is 9.56. The summed E-state index contributed by atoms with van der Waals surface area (Å²) in [5.74, 6) is 0.958. The standard InChI is InChI=1S/C18H27N3O4S/c1-4-23-16-10-15(17(24-5-2)9-14(16)20-12(3)22)21-18(26)19-11-13-7-6-8-25-13/h9-10,13H,4-8,11H2,1-3H3,(H,20,22)(H2,19,21,26)/t13-/m0/s1. The number of hydrogen-bond donors (Lipinski definition) is 3. The van der Waals surface area contributed by atoms with E-state index in [1.165, 1.54) is 6.92 Å². The minimum absolute atomic E-state index is 0.178. The number of anilines is 2. The Morgan fingerprint density at radius 1 is 1.19 bits per heavy atom. The van der Waals surface area contributed by atoms with Crippen molar-refractivity contribution in [3.63, 3.8) is 0 Å². The van der Waals surface area contributed by atoms with Crippen molar-refractivity contribution in [1.29, 1.82) is 0 Å². The summed E-state index contributed by atoms with van der Waals surface area (Å²) in [5.41, 5.74) is 1.24.